The van der Waals surface area contributed by atoms with Crippen LogP contribution < -0.4 is 14.2 Å². The third-order valence-corrected chi connectivity index (χ3v) is 2.89. The summed E-state index contributed by atoms with van der Waals surface area (Å²) in [7, 11) is 3.03. The number of nitro groups is 1. The van der Waals surface area contributed by atoms with Crippen molar-refractivity contribution in [1.82, 2.24) is 0 Å². The van der Waals surface area contributed by atoms with E-state index in [-0.39, 0.29) is 18.0 Å². The molecule has 0 heterocycles. The van der Waals surface area contributed by atoms with Gasteiger partial charge in [0.05, 0.1) is 25.2 Å². The Hall–Kier alpha value is -2.76. The number of methoxy groups -OCH3 is 2. The molecular formula is C15H15NO5. The Labute approximate surface area is 122 Å². The SMILES string of the molecule is COc1cccc(COc2ccc(OC)cc2[N+](=O)[O-])c1. The molecule has 21 heavy (non-hydrogen) atoms. The fourth-order valence-corrected chi connectivity index (χ4v) is 1.81. The summed E-state index contributed by atoms with van der Waals surface area (Å²) in [6.45, 7) is 0.213. The lowest BCUT2D eigenvalue weighted by molar-refractivity contribution is -0.386. The second-order valence-electron chi connectivity index (χ2n) is 4.23. The van der Waals surface area contributed by atoms with Crippen LogP contribution in [0, 0.1) is 10.1 Å². The van der Waals surface area contributed by atoms with E-state index in [0.717, 1.165) is 5.56 Å². The summed E-state index contributed by atoms with van der Waals surface area (Å²) >= 11 is 0. The first-order chi connectivity index (χ1) is 10.1. The minimum Gasteiger partial charge on any atom is -0.497 e. The molecule has 0 aliphatic rings. The number of rotatable bonds is 6. The van der Waals surface area contributed by atoms with Crippen molar-refractivity contribution in [3.63, 3.8) is 0 Å². The monoisotopic (exact) mass is 289 g/mol. The Bertz CT molecular complexity index is 642. The third kappa shape index (κ3) is 3.62. The Morgan fingerprint density at radius 1 is 1.05 bits per heavy atom. The minimum atomic E-state index is -0.497. The van der Waals surface area contributed by atoms with E-state index < -0.39 is 4.92 Å². The highest BCUT2D eigenvalue weighted by atomic mass is 16.6. The Morgan fingerprint density at radius 2 is 1.76 bits per heavy atom. The van der Waals surface area contributed by atoms with Gasteiger partial charge in [-0.25, -0.2) is 0 Å². The van der Waals surface area contributed by atoms with Gasteiger partial charge in [0, 0.05) is 0 Å². The van der Waals surface area contributed by atoms with Crippen LogP contribution >= 0.6 is 0 Å². The van der Waals surface area contributed by atoms with Crippen molar-refractivity contribution in [1.29, 1.82) is 0 Å². The van der Waals surface area contributed by atoms with Gasteiger partial charge in [-0.2, -0.15) is 0 Å². The van der Waals surface area contributed by atoms with E-state index in [1.54, 1.807) is 13.2 Å². The molecule has 0 unspecified atom stereocenters. The van der Waals surface area contributed by atoms with Crippen LogP contribution in [0.2, 0.25) is 0 Å². The molecule has 2 rings (SSSR count). The van der Waals surface area contributed by atoms with Gasteiger partial charge in [-0.05, 0) is 29.8 Å². The van der Waals surface area contributed by atoms with Gasteiger partial charge in [0.25, 0.3) is 0 Å². The average Bonchev–Trinajstić information content (AvgIpc) is 2.52. The maximum atomic E-state index is 11.1. The van der Waals surface area contributed by atoms with Crippen molar-refractivity contribution in [2.45, 2.75) is 6.61 Å². The molecule has 0 saturated carbocycles. The number of nitro benzene ring substituents is 1. The largest absolute Gasteiger partial charge is 0.497 e. The number of hydrogen-bond acceptors (Lipinski definition) is 5. The van der Waals surface area contributed by atoms with Gasteiger partial charge in [-0.1, -0.05) is 12.1 Å². The Morgan fingerprint density at radius 3 is 2.43 bits per heavy atom. The molecule has 2 aromatic carbocycles. The molecule has 0 radical (unpaired) electrons. The maximum Gasteiger partial charge on any atom is 0.314 e. The standard InChI is InChI=1S/C15H15NO5/c1-19-12-5-3-4-11(8-12)10-21-15-7-6-13(20-2)9-14(15)16(17)18/h3-9H,10H2,1-2H3. The highest BCUT2D eigenvalue weighted by Crippen LogP contribution is 2.31. The van der Waals surface area contributed by atoms with Gasteiger partial charge in [-0.3, -0.25) is 10.1 Å². The molecule has 0 atom stereocenters. The summed E-state index contributed by atoms with van der Waals surface area (Å²) in [5.74, 6) is 1.32. The second kappa shape index (κ2) is 6.60. The molecular weight excluding hydrogens is 274 g/mol. The molecule has 0 amide bonds. The first-order valence-corrected chi connectivity index (χ1v) is 6.22. The molecule has 2 aromatic rings. The molecule has 0 aliphatic carbocycles. The van der Waals surface area contributed by atoms with Crippen LogP contribution in [0.25, 0.3) is 0 Å². The summed E-state index contributed by atoms with van der Waals surface area (Å²) in [5, 5.41) is 11.1. The van der Waals surface area contributed by atoms with E-state index in [2.05, 4.69) is 0 Å². The zero-order valence-electron chi connectivity index (χ0n) is 11.7. The molecule has 0 spiro atoms. The lowest BCUT2D eigenvalue weighted by atomic mass is 10.2. The van der Waals surface area contributed by atoms with Crippen molar-refractivity contribution >= 4 is 5.69 Å². The summed E-state index contributed by atoms with van der Waals surface area (Å²) in [4.78, 5) is 10.6. The van der Waals surface area contributed by atoms with Gasteiger partial charge in [0.1, 0.15) is 18.1 Å². The van der Waals surface area contributed by atoms with Crippen LogP contribution in [0.15, 0.2) is 42.5 Å². The zero-order chi connectivity index (χ0) is 15.2. The molecule has 0 fully saturated rings. The first kappa shape index (κ1) is 14.6. The van der Waals surface area contributed by atoms with E-state index in [1.807, 2.05) is 24.3 Å². The molecule has 0 aliphatic heterocycles. The third-order valence-electron chi connectivity index (χ3n) is 2.89. The number of nitrogens with zero attached hydrogens (tertiary/aromatic N) is 1. The lowest BCUT2D eigenvalue weighted by Crippen LogP contribution is -2.00. The van der Waals surface area contributed by atoms with E-state index in [0.29, 0.717) is 11.5 Å². The van der Waals surface area contributed by atoms with Crippen LogP contribution in [0.4, 0.5) is 5.69 Å². The topological polar surface area (TPSA) is 70.8 Å². The summed E-state index contributed by atoms with van der Waals surface area (Å²) in [6, 6.07) is 11.8. The molecule has 110 valence electrons. The van der Waals surface area contributed by atoms with Gasteiger partial charge in [-0.15, -0.1) is 0 Å². The predicted molar refractivity (Wildman–Crippen MR) is 77.0 cm³/mol. The summed E-state index contributed by atoms with van der Waals surface area (Å²) in [6.07, 6.45) is 0. The van der Waals surface area contributed by atoms with Crippen molar-refractivity contribution in [3.8, 4) is 17.2 Å². The normalized spacial score (nSPS) is 10.0. The van der Waals surface area contributed by atoms with Crippen molar-refractivity contribution in [3.05, 3.63) is 58.1 Å². The van der Waals surface area contributed by atoms with E-state index in [4.69, 9.17) is 14.2 Å². The van der Waals surface area contributed by atoms with Crippen LogP contribution in [0.1, 0.15) is 5.56 Å². The molecule has 0 saturated heterocycles. The number of benzene rings is 2. The molecule has 0 bridgehead atoms. The molecule has 6 heteroatoms. The zero-order valence-corrected chi connectivity index (χ0v) is 11.7. The smallest absolute Gasteiger partial charge is 0.314 e. The fraction of sp³-hybridized carbons (Fsp3) is 0.200. The summed E-state index contributed by atoms with van der Waals surface area (Å²) in [5.41, 5.74) is 0.733. The number of hydrogen-bond donors (Lipinski definition) is 0. The Kier molecular flexibility index (Phi) is 4.61. The fourth-order valence-electron chi connectivity index (χ4n) is 1.81. The van der Waals surface area contributed by atoms with Gasteiger partial charge >= 0.3 is 5.69 Å². The highest BCUT2D eigenvalue weighted by Gasteiger charge is 2.16. The van der Waals surface area contributed by atoms with Crippen LogP contribution in [-0.4, -0.2) is 19.1 Å². The van der Waals surface area contributed by atoms with E-state index in [1.165, 1.54) is 19.2 Å². The van der Waals surface area contributed by atoms with Gasteiger partial charge in [0.15, 0.2) is 5.75 Å². The molecule has 0 aromatic heterocycles. The predicted octanol–water partition coefficient (Wildman–Crippen LogP) is 3.19. The summed E-state index contributed by atoms with van der Waals surface area (Å²) < 4.78 is 15.6. The van der Waals surface area contributed by atoms with Crippen molar-refractivity contribution < 1.29 is 19.1 Å². The van der Waals surface area contributed by atoms with Crippen LogP contribution in [-0.2, 0) is 6.61 Å². The van der Waals surface area contributed by atoms with Crippen molar-refractivity contribution in [2.75, 3.05) is 14.2 Å². The quantitative estimate of drug-likeness (QED) is 0.603. The van der Waals surface area contributed by atoms with E-state index in [9.17, 15) is 10.1 Å². The first-order valence-electron chi connectivity index (χ1n) is 6.22. The van der Waals surface area contributed by atoms with Crippen LogP contribution in [0.3, 0.4) is 0 Å². The van der Waals surface area contributed by atoms with Crippen molar-refractivity contribution in [2.24, 2.45) is 0 Å². The second-order valence-corrected chi connectivity index (χ2v) is 4.23. The minimum absolute atomic E-state index is 0.128. The maximum absolute atomic E-state index is 11.1. The van der Waals surface area contributed by atoms with Crippen LogP contribution in [0.5, 0.6) is 17.2 Å². The number of ether oxygens (including phenoxy) is 3. The van der Waals surface area contributed by atoms with E-state index >= 15 is 0 Å². The molecule has 0 N–H and O–H groups in total. The molecule has 6 nitrogen and oxygen atoms in total. The lowest BCUT2D eigenvalue weighted by Gasteiger charge is -2.09. The highest BCUT2D eigenvalue weighted by molar-refractivity contribution is 5.51. The van der Waals surface area contributed by atoms with Gasteiger partial charge < -0.3 is 14.2 Å². The van der Waals surface area contributed by atoms with Gasteiger partial charge in [0.2, 0.25) is 0 Å². The average molecular weight is 289 g/mol. The Balaban J connectivity index is 2.17.